The van der Waals surface area contributed by atoms with Crippen molar-refractivity contribution in [1.29, 1.82) is 0 Å². The number of hydrogen-bond acceptors (Lipinski definition) is 3. The number of nitrogens with zero attached hydrogens (tertiary/aromatic N) is 1. The van der Waals surface area contributed by atoms with Gasteiger partial charge < -0.3 is 15.1 Å². The highest BCUT2D eigenvalue weighted by Crippen LogP contribution is 2.34. The van der Waals surface area contributed by atoms with E-state index in [9.17, 15) is 18.0 Å². The summed E-state index contributed by atoms with van der Waals surface area (Å²) in [5.74, 6) is -0.882. The molecule has 0 atom stereocenters. The van der Waals surface area contributed by atoms with Crippen molar-refractivity contribution in [2.75, 3.05) is 26.3 Å². The molecule has 20 heavy (non-hydrogen) atoms. The minimum atomic E-state index is -4.67. The number of halogens is 4. The standard InChI is InChI=1S/C12H13BrF3NO3/c13-8-1-2-9(10(7-8)12(14,15)16)11(20)17(3-5-18)4-6-19/h1-2,7,18-19H,3-6H2. The van der Waals surface area contributed by atoms with E-state index in [0.29, 0.717) is 0 Å². The third-order valence-corrected chi connectivity index (χ3v) is 3.04. The number of aliphatic hydroxyl groups excluding tert-OH is 2. The second-order valence-corrected chi connectivity index (χ2v) is 4.84. The summed E-state index contributed by atoms with van der Waals surface area (Å²) in [5, 5.41) is 17.7. The van der Waals surface area contributed by atoms with E-state index in [-0.39, 0.29) is 17.6 Å². The van der Waals surface area contributed by atoms with Gasteiger partial charge >= 0.3 is 6.18 Å². The Balaban J connectivity index is 3.20. The third kappa shape index (κ3) is 4.19. The van der Waals surface area contributed by atoms with Crippen LogP contribution in [-0.2, 0) is 6.18 Å². The van der Waals surface area contributed by atoms with Gasteiger partial charge in [-0.15, -0.1) is 0 Å². The Bertz CT molecular complexity index is 474. The van der Waals surface area contributed by atoms with E-state index in [1.54, 1.807) is 0 Å². The van der Waals surface area contributed by atoms with Gasteiger partial charge in [-0.3, -0.25) is 4.79 Å². The molecule has 0 bridgehead atoms. The monoisotopic (exact) mass is 355 g/mol. The number of hydrogen-bond donors (Lipinski definition) is 2. The Morgan fingerprint density at radius 1 is 1.20 bits per heavy atom. The van der Waals surface area contributed by atoms with E-state index >= 15 is 0 Å². The quantitative estimate of drug-likeness (QED) is 0.847. The molecule has 2 N–H and O–H groups in total. The normalized spacial score (nSPS) is 11.5. The first kappa shape index (κ1) is 16.9. The molecule has 8 heteroatoms. The Morgan fingerprint density at radius 2 is 1.75 bits per heavy atom. The molecule has 0 aliphatic rings. The first-order valence-corrected chi connectivity index (χ1v) is 6.48. The molecule has 0 unspecified atom stereocenters. The summed E-state index contributed by atoms with van der Waals surface area (Å²) in [5.41, 5.74) is -1.57. The molecule has 1 rings (SSSR count). The molecule has 0 saturated carbocycles. The van der Waals surface area contributed by atoms with Crippen molar-refractivity contribution < 1.29 is 28.2 Å². The van der Waals surface area contributed by atoms with Crippen LogP contribution < -0.4 is 0 Å². The van der Waals surface area contributed by atoms with Gasteiger partial charge in [0.15, 0.2) is 0 Å². The summed E-state index contributed by atoms with van der Waals surface area (Å²) in [6, 6.07) is 3.22. The van der Waals surface area contributed by atoms with Gasteiger partial charge in [-0.05, 0) is 18.2 Å². The lowest BCUT2D eigenvalue weighted by atomic mass is 10.1. The fraction of sp³-hybridized carbons (Fsp3) is 0.417. The average molecular weight is 356 g/mol. The van der Waals surface area contributed by atoms with Crippen molar-refractivity contribution >= 4 is 21.8 Å². The van der Waals surface area contributed by atoms with Crippen LogP contribution in [0.5, 0.6) is 0 Å². The van der Waals surface area contributed by atoms with Crippen LogP contribution in [0.25, 0.3) is 0 Å². The molecule has 4 nitrogen and oxygen atoms in total. The first-order valence-electron chi connectivity index (χ1n) is 5.69. The Kier molecular flexibility index (Phi) is 5.97. The van der Waals surface area contributed by atoms with E-state index < -0.39 is 36.4 Å². The lowest BCUT2D eigenvalue weighted by Gasteiger charge is -2.22. The largest absolute Gasteiger partial charge is 0.417 e. The predicted molar refractivity (Wildman–Crippen MR) is 69.2 cm³/mol. The molecule has 0 saturated heterocycles. The second-order valence-electron chi connectivity index (χ2n) is 3.93. The van der Waals surface area contributed by atoms with Crippen LogP contribution in [0.15, 0.2) is 22.7 Å². The van der Waals surface area contributed by atoms with Crippen molar-refractivity contribution in [3.63, 3.8) is 0 Å². The highest BCUT2D eigenvalue weighted by Gasteiger charge is 2.36. The highest BCUT2D eigenvalue weighted by atomic mass is 79.9. The van der Waals surface area contributed by atoms with Crippen LogP contribution >= 0.6 is 15.9 Å². The molecule has 1 amide bonds. The Morgan fingerprint density at radius 3 is 2.20 bits per heavy atom. The van der Waals surface area contributed by atoms with Crippen molar-refractivity contribution in [2.24, 2.45) is 0 Å². The van der Waals surface area contributed by atoms with Crippen LogP contribution in [0.3, 0.4) is 0 Å². The molecule has 0 aliphatic carbocycles. The van der Waals surface area contributed by atoms with Gasteiger partial charge in [-0.25, -0.2) is 0 Å². The van der Waals surface area contributed by atoms with E-state index in [4.69, 9.17) is 10.2 Å². The minimum Gasteiger partial charge on any atom is -0.395 e. The maximum Gasteiger partial charge on any atom is 0.417 e. The second kappa shape index (κ2) is 7.05. The van der Waals surface area contributed by atoms with Gasteiger partial charge in [0, 0.05) is 17.6 Å². The van der Waals surface area contributed by atoms with Gasteiger partial charge in [0.1, 0.15) is 0 Å². The molecule has 1 aromatic rings. The predicted octanol–water partition coefficient (Wildman–Crippen LogP) is 1.89. The fourth-order valence-electron chi connectivity index (χ4n) is 1.66. The van der Waals surface area contributed by atoms with E-state index in [0.717, 1.165) is 17.0 Å². The zero-order valence-electron chi connectivity index (χ0n) is 10.3. The van der Waals surface area contributed by atoms with Crippen LogP contribution in [0, 0.1) is 0 Å². The van der Waals surface area contributed by atoms with Crippen LogP contribution in [0.1, 0.15) is 15.9 Å². The maximum atomic E-state index is 12.9. The van der Waals surface area contributed by atoms with Crippen molar-refractivity contribution in [1.82, 2.24) is 4.90 Å². The SMILES string of the molecule is O=C(c1ccc(Br)cc1C(F)(F)F)N(CCO)CCO. The number of carbonyl (C=O) groups is 1. The van der Waals surface area contributed by atoms with Crippen molar-refractivity contribution in [3.05, 3.63) is 33.8 Å². The number of benzene rings is 1. The average Bonchev–Trinajstić information content (AvgIpc) is 2.36. The minimum absolute atomic E-state index is 0.146. The van der Waals surface area contributed by atoms with E-state index in [1.807, 2.05) is 0 Å². The molecule has 1 aromatic carbocycles. The molecular weight excluding hydrogens is 343 g/mol. The summed E-state index contributed by atoms with van der Waals surface area (Å²) >= 11 is 2.93. The number of carbonyl (C=O) groups excluding carboxylic acids is 1. The number of alkyl halides is 3. The molecule has 112 valence electrons. The lowest BCUT2D eigenvalue weighted by Crippen LogP contribution is -2.36. The number of aliphatic hydroxyl groups is 2. The molecule has 0 aromatic heterocycles. The lowest BCUT2D eigenvalue weighted by molar-refractivity contribution is -0.138. The molecule has 0 aliphatic heterocycles. The van der Waals surface area contributed by atoms with E-state index in [1.165, 1.54) is 6.07 Å². The smallest absolute Gasteiger partial charge is 0.395 e. The zero-order chi connectivity index (χ0) is 15.3. The highest BCUT2D eigenvalue weighted by molar-refractivity contribution is 9.10. The van der Waals surface area contributed by atoms with Crippen molar-refractivity contribution in [3.8, 4) is 0 Å². The summed E-state index contributed by atoms with van der Waals surface area (Å²) in [4.78, 5) is 13.1. The van der Waals surface area contributed by atoms with Gasteiger partial charge in [0.05, 0.1) is 24.3 Å². The topological polar surface area (TPSA) is 60.8 Å². The van der Waals surface area contributed by atoms with Crippen molar-refractivity contribution in [2.45, 2.75) is 6.18 Å². The molecule has 0 radical (unpaired) electrons. The third-order valence-electron chi connectivity index (χ3n) is 2.54. The summed E-state index contributed by atoms with van der Waals surface area (Å²) < 4.78 is 39.0. The van der Waals surface area contributed by atoms with Gasteiger partial charge in [0.2, 0.25) is 0 Å². The first-order chi connectivity index (χ1) is 9.31. The van der Waals surface area contributed by atoms with Gasteiger partial charge in [-0.1, -0.05) is 15.9 Å². The zero-order valence-corrected chi connectivity index (χ0v) is 11.9. The Labute approximate surface area is 121 Å². The van der Waals surface area contributed by atoms with Crippen LogP contribution in [-0.4, -0.2) is 47.3 Å². The van der Waals surface area contributed by atoms with Crippen LogP contribution in [0.2, 0.25) is 0 Å². The number of rotatable bonds is 5. The molecule has 0 heterocycles. The maximum absolute atomic E-state index is 12.9. The number of amides is 1. The molecular formula is C12H13BrF3NO3. The van der Waals surface area contributed by atoms with Gasteiger partial charge in [-0.2, -0.15) is 13.2 Å². The Hall–Kier alpha value is -1.12. The summed E-state index contributed by atoms with van der Waals surface area (Å²) in [6.07, 6.45) is -4.67. The molecule has 0 fully saturated rings. The summed E-state index contributed by atoms with van der Waals surface area (Å²) in [7, 11) is 0. The van der Waals surface area contributed by atoms with E-state index in [2.05, 4.69) is 15.9 Å². The van der Waals surface area contributed by atoms with Gasteiger partial charge in [0.25, 0.3) is 5.91 Å². The summed E-state index contributed by atoms with van der Waals surface area (Å²) in [6.45, 7) is -1.09. The van der Waals surface area contributed by atoms with Crippen LogP contribution in [0.4, 0.5) is 13.2 Å². The molecule has 0 spiro atoms. The fourth-order valence-corrected chi connectivity index (χ4v) is 2.03.